The Balaban J connectivity index is 1.85. The van der Waals surface area contributed by atoms with Crippen LogP contribution in [0.1, 0.15) is 30.7 Å². The third-order valence-corrected chi connectivity index (χ3v) is 4.89. The van der Waals surface area contributed by atoms with Crippen LogP contribution in [-0.4, -0.2) is 47.8 Å². The van der Waals surface area contributed by atoms with E-state index in [1.165, 1.54) is 12.1 Å². The van der Waals surface area contributed by atoms with Gasteiger partial charge in [0, 0.05) is 18.0 Å². The number of benzene rings is 1. The Hall–Kier alpha value is -1.46. The van der Waals surface area contributed by atoms with Crippen LogP contribution in [0.3, 0.4) is 0 Å². The van der Waals surface area contributed by atoms with Gasteiger partial charge >= 0.3 is 5.97 Å². The number of piperidine rings is 1. The van der Waals surface area contributed by atoms with Crippen molar-refractivity contribution in [3.63, 3.8) is 0 Å². The van der Waals surface area contributed by atoms with Crippen molar-refractivity contribution in [3.05, 3.63) is 35.6 Å². The smallest absolute Gasteiger partial charge is 0.329 e. The molecule has 2 aliphatic rings. The minimum atomic E-state index is -0.948. The molecule has 2 saturated heterocycles. The van der Waals surface area contributed by atoms with Gasteiger partial charge in [0.25, 0.3) is 0 Å². The van der Waals surface area contributed by atoms with E-state index in [-0.39, 0.29) is 30.5 Å². The van der Waals surface area contributed by atoms with Crippen molar-refractivity contribution in [2.45, 2.75) is 43.4 Å². The highest BCUT2D eigenvalue weighted by Crippen LogP contribution is 2.43. The van der Waals surface area contributed by atoms with Gasteiger partial charge in [0.1, 0.15) is 12.4 Å². The molecule has 2 bridgehead atoms. The maximum absolute atomic E-state index is 13.1. The molecule has 3 rings (SSSR count). The molecule has 0 amide bonds. The molecule has 0 radical (unpaired) electrons. The first-order valence-electron chi connectivity index (χ1n) is 7.37. The minimum Gasteiger partial charge on any atom is -0.480 e. The van der Waals surface area contributed by atoms with Gasteiger partial charge in [0.2, 0.25) is 0 Å². The second-order valence-electron chi connectivity index (χ2n) is 6.03. The zero-order valence-electron chi connectivity index (χ0n) is 12.0. The molecule has 1 aromatic rings. The molecule has 2 aliphatic heterocycles. The van der Waals surface area contributed by atoms with Crippen LogP contribution < -0.4 is 0 Å². The number of rotatable bonds is 4. The van der Waals surface area contributed by atoms with Crippen LogP contribution in [0.5, 0.6) is 0 Å². The zero-order chi connectivity index (χ0) is 15.0. The number of fused-ring (bicyclic) bond motifs is 2. The predicted molar refractivity (Wildman–Crippen MR) is 75.7 cm³/mol. The van der Waals surface area contributed by atoms with Gasteiger partial charge in [-0.1, -0.05) is 12.1 Å². The van der Waals surface area contributed by atoms with E-state index in [0.717, 1.165) is 24.8 Å². The van der Waals surface area contributed by atoms with Gasteiger partial charge < -0.3 is 9.84 Å². The van der Waals surface area contributed by atoms with Crippen LogP contribution in [0.15, 0.2) is 24.3 Å². The number of carbonyl (C=O) groups is 1. The summed E-state index contributed by atoms with van der Waals surface area (Å²) in [4.78, 5) is 13.1. The predicted octanol–water partition coefficient (Wildman–Crippen LogP) is 2.25. The Morgan fingerprint density at radius 1 is 1.38 bits per heavy atom. The van der Waals surface area contributed by atoms with Crippen LogP contribution in [0, 0.1) is 5.82 Å². The summed E-state index contributed by atoms with van der Waals surface area (Å²) in [7, 11) is 2.08. The summed E-state index contributed by atoms with van der Waals surface area (Å²) in [5.74, 6) is -1.06. The Morgan fingerprint density at radius 2 is 2.10 bits per heavy atom. The number of carboxylic acid groups (broad SMARTS) is 1. The number of likely N-dealkylation sites (N-methyl/N-ethyl adjacent to an activating group) is 1. The van der Waals surface area contributed by atoms with Crippen molar-refractivity contribution >= 4 is 5.97 Å². The molecule has 114 valence electrons. The fraction of sp³-hybridized carbons (Fsp3) is 0.562. The van der Waals surface area contributed by atoms with Crippen molar-refractivity contribution in [2.24, 2.45) is 0 Å². The van der Waals surface area contributed by atoms with Crippen molar-refractivity contribution in [1.82, 2.24) is 4.90 Å². The highest BCUT2D eigenvalue weighted by molar-refractivity contribution is 5.68. The molecule has 21 heavy (non-hydrogen) atoms. The van der Waals surface area contributed by atoms with E-state index in [0.29, 0.717) is 6.04 Å². The third-order valence-electron chi connectivity index (χ3n) is 4.89. The molecule has 2 unspecified atom stereocenters. The lowest BCUT2D eigenvalue weighted by Crippen LogP contribution is -2.50. The molecule has 4 atom stereocenters. The number of hydrogen-bond donors (Lipinski definition) is 1. The van der Waals surface area contributed by atoms with E-state index in [4.69, 9.17) is 9.84 Å². The van der Waals surface area contributed by atoms with Crippen LogP contribution >= 0.6 is 0 Å². The number of hydrogen-bond acceptors (Lipinski definition) is 3. The molecule has 0 saturated carbocycles. The van der Waals surface area contributed by atoms with Crippen LogP contribution in [0.25, 0.3) is 0 Å². The summed E-state index contributed by atoms with van der Waals surface area (Å²) in [6, 6.07) is 7.27. The van der Waals surface area contributed by atoms with Crippen LogP contribution in [-0.2, 0) is 9.53 Å². The molecule has 0 spiro atoms. The van der Waals surface area contributed by atoms with Crippen LogP contribution in [0.4, 0.5) is 4.39 Å². The first-order chi connectivity index (χ1) is 10.1. The third kappa shape index (κ3) is 2.80. The van der Waals surface area contributed by atoms with Gasteiger partial charge in [0.05, 0.1) is 6.10 Å². The molecule has 1 N–H and O–H groups in total. The molecule has 1 aromatic carbocycles. The van der Waals surface area contributed by atoms with Crippen molar-refractivity contribution in [3.8, 4) is 0 Å². The summed E-state index contributed by atoms with van der Waals surface area (Å²) >= 11 is 0. The number of carboxylic acids is 1. The molecular weight excluding hydrogens is 273 g/mol. The summed E-state index contributed by atoms with van der Waals surface area (Å²) < 4.78 is 18.8. The van der Waals surface area contributed by atoms with E-state index in [1.807, 2.05) is 0 Å². The Bertz CT molecular complexity index is 519. The maximum Gasteiger partial charge on any atom is 0.329 e. The molecule has 4 nitrogen and oxygen atoms in total. The number of aliphatic carboxylic acids is 1. The molecule has 2 heterocycles. The quantitative estimate of drug-likeness (QED) is 0.925. The molecule has 5 heteroatoms. The first-order valence-corrected chi connectivity index (χ1v) is 7.37. The fourth-order valence-electron chi connectivity index (χ4n) is 3.85. The van der Waals surface area contributed by atoms with E-state index in [1.54, 1.807) is 12.1 Å². The molecule has 0 aromatic heterocycles. The lowest BCUT2D eigenvalue weighted by Gasteiger charge is -2.42. The van der Waals surface area contributed by atoms with E-state index in [2.05, 4.69) is 11.9 Å². The van der Waals surface area contributed by atoms with Crippen molar-refractivity contribution in [2.75, 3.05) is 13.7 Å². The second-order valence-corrected chi connectivity index (χ2v) is 6.03. The van der Waals surface area contributed by atoms with Gasteiger partial charge in [-0.25, -0.2) is 9.18 Å². The van der Waals surface area contributed by atoms with E-state index in [9.17, 15) is 9.18 Å². The fourth-order valence-corrected chi connectivity index (χ4v) is 3.85. The Morgan fingerprint density at radius 3 is 2.76 bits per heavy atom. The number of ether oxygens (including phenoxy) is 1. The van der Waals surface area contributed by atoms with Gasteiger partial charge in [-0.3, -0.25) is 4.90 Å². The molecular formula is C16H20FNO3. The SMILES string of the molecule is CN1C2CCC1[C@@H](OCC(=O)O)[C@@H](c1ccc(F)cc1)C2. The Kier molecular flexibility index (Phi) is 3.95. The average Bonchev–Trinajstić information content (AvgIpc) is 2.70. The standard InChI is InChI=1S/C16H20FNO3/c1-18-12-6-7-14(18)16(21-9-15(19)20)13(8-12)10-2-4-11(17)5-3-10/h2-5,12-14,16H,6-9H2,1H3,(H,19,20)/t12?,13-,14?,16+/m1/s1. The maximum atomic E-state index is 13.1. The van der Waals surface area contributed by atoms with E-state index >= 15 is 0 Å². The van der Waals surface area contributed by atoms with Gasteiger partial charge in [0.15, 0.2) is 0 Å². The van der Waals surface area contributed by atoms with Gasteiger partial charge in [-0.15, -0.1) is 0 Å². The normalized spacial score (nSPS) is 32.3. The minimum absolute atomic E-state index is 0.138. The lowest BCUT2D eigenvalue weighted by atomic mass is 9.82. The van der Waals surface area contributed by atoms with Crippen molar-refractivity contribution in [1.29, 1.82) is 0 Å². The number of halogens is 1. The first kappa shape index (κ1) is 14.5. The second kappa shape index (κ2) is 5.73. The average molecular weight is 293 g/mol. The topological polar surface area (TPSA) is 49.8 Å². The van der Waals surface area contributed by atoms with Crippen LogP contribution in [0.2, 0.25) is 0 Å². The van der Waals surface area contributed by atoms with Gasteiger partial charge in [-0.05, 0) is 44.0 Å². The highest BCUT2D eigenvalue weighted by atomic mass is 19.1. The largest absolute Gasteiger partial charge is 0.480 e. The summed E-state index contributed by atoms with van der Waals surface area (Å²) in [6.07, 6.45) is 2.94. The van der Waals surface area contributed by atoms with E-state index < -0.39 is 5.97 Å². The molecule has 0 aliphatic carbocycles. The summed E-state index contributed by atoms with van der Waals surface area (Å²) in [5, 5.41) is 8.88. The zero-order valence-corrected chi connectivity index (χ0v) is 12.0. The Labute approximate surface area is 123 Å². The highest BCUT2D eigenvalue weighted by Gasteiger charge is 2.46. The lowest BCUT2D eigenvalue weighted by molar-refractivity contribution is -0.147. The monoisotopic (exact) mass is 293 g/mol. The molecule has 2 fully saturated rings. The summed E-state index contributed by atoms with van der Waals surface area (Å²) in [6.45, 7) is -0.280. The summed E-state index contributed by atoms with van der Waals surface area (Å²) in [5.41, 5.74) is 1.04. The van der Waals surface area contributed by atoms with Crippen molar-refractivity contribution < 1.29 is 19.0 Å². The number of nitrogens with zero attached hydrogens (tertiary/aromatic N) is 1. The van der Waals surface area contributed by atoms with Gasteiger partial charge in [-0.2, -0.15) is 0 Å².